The van der Waals surface area contributed by atoms with E-state index in [-0.39, 0.29) is 12.2 Å². The minimum atomic E-state index is 0.219. The van der Waals surface area contributed by atoms with Crippen molar-refractivity contribution in [2.45, 2.75) is 173 Å². The summed E-state index contributed by atoms with van der Waals surface area (Å²) in [6.07, 6.45) is 6.46. The molecule has 2 aliphatic rings. The van der Waals surface area contributed by atoms with Gasteiger partial charge in [0.1, 0.15) is 17.3 Å². The summed E-state index contributed by atoms with van der Waals surface area (Å²) >= 11 is 0. The lowest BCUT2D eigenvalue weighted by Gasteiger charge is -2.37. The standard InChI is InChI=1S/C18H22O.C16H27N3.C15H25N3.C10H14O.C2H6/c1-13(2)15-5-7-16(8-6-15)17-9-11-18(12-10-17)19-14(3)4;1-12(2)11-14-7-9-19(10-8-14)16-6-5-15(13(3)4)17-18-16;1-12(2)14-5-6-15(16-11-14)18-9-7-17(8-10-18)13(3)4;1-8(2)11-10-6-4-9(3)5-7-10;1-2/h5-14H,1-4H3;5-6,12-14H,7-11H2,1-4H3;5-6,11-13H,7-10H2,1-4H3;4-8H,1-3H3;1-2H3. The van der Waals surface area contributed by atoms with Crippen LogP contribution in [-0.4, -0.2) is 77.6 Å². The van der Waals surface area contributed by atoms with E-state index in [2.05, 4.69) is 179 Å². The quantitative estimate of drug-likeness (QED) is 0.116. The first-order valence-electron chi connectivity index (χ1n) is 26.5. The van der Waals surface area contributed by atoms with Gasteiger partial charge in [0.05, 0.1) is 17.9 Å². The van der Waals surface area contributed by atoms with E-state index in [0.717, 1.165) is 79.9 Å². The van der Waals surface area contributed by atoms with Crippen LogP contribution in [0.5, 0.6) is 11.5 Å². The SMILES string of the molecule is CC.CC(C)CC1CCN(c2ccc(C(C)C)nn2)CC1.CC(C)Oc1ccc(-c2ccc(C(C)C)cc2)cc1.CC(C)c1ccc(N2CCN(C(C)C)CC2)nc1.Cc1ccc(OC(C)C)cc1. The van der Waals surface area contributed by atoms with Gasteiger partial charge in [-0.3, -0.25) is 4.90 Å². The van der Waals surface area contributed by atoms with Gasteiger partial charge in [-0.15, -0.1) is 5.10 Å². The first-order chi connectivity index (χ1) is 32.9. The summed E-state index contributed by atoms with van der Waals surface area (Å²) in [5, 5.41) is 8.71. The summed E-state index contributed by atoms with van der Waals surface area (Å²) in [6.45, 7) is 43.3. The minimum absolute atomic E-state index is 0.219. The fraction of sp³-hybridized carbons (Fsp3) is 0.557. The second-order valence-corrected chi connectivity index (χ2v) is 20.7. The van der Waals surface area contributed by atoms with Crippen LogP contribution in [0.2, 0.25) is 0 Å². The highest BCUT2D eigenvalue weighted by atomic mass is 16.5. The summed E-state index contributed by atoms with van der Waals surface area (Å²) < 4.78 is 11.1. The molecule has 0 spiro atoms. The number of aromatic nitrogens is 3. The average Bonchev–Trinajstić information content (AvgIpc) is 3.33. The van der Waals surface area contributed by atoms with Crippen LogP contribution in [0.25, 0.3) is 11.1 Å². The van der Waals surface area contributed by atoms with Crippen molar-refractivity contribution in [2.24, 2.45) is 11.8 Å². The third-order valence-corrected chi connectivity index (χ3v) is 12.3. The van der Waals surface area contributed by atoms with Gasteiger partial charge in [-0.25, -0.2) is 4.98 Å². The number of benzene rings is 3. The number of hydrogen-bond acceptors (Lipinski definition) is 8. The molecule has 0 unspecified atom stereocenters. The molecule has 0 aliphatic carbocycles. The number of ether oxygens (including phenoxy) is 2. The number of piperazine rings is 1. The Morgan fingerprint density at radius 2 is 0.957 bits per heavy atom. The summed E-state index contributed by atoms with van der Waals surface area (Å²) in [6, 6.07) is 34.5. The Hall–Kier alpha value is -4.95. The van der Waals surface area contributed by atoms with E-state index in [4.69, 9.17) is 9.47 Å². The molecule has 2 aromatic heterocycles. The van der Waals surface area contributed by atoms with Crippen molar-refractivity contribution in [3.8, 4) is 22.6 Å². The lowest BCUT2D eigenvalue weighted by molar-refractivity contribution is 0.209. The van der Waals surface area contributed by atoms with Gasteiger partial charge in [-0.05, 0) is 162 Å². The smallest absolute Gasteiger partial charge is 0.151 e. The van der Waals surface area contributed by atoms with E-state index in [9.17, 15) is 0 Å². The fourth-order valence-corrected chi connectivity index (χ4v) is 8.22. The topological polar surface area (TPSA) is 66.9 Å². The van der Waals surface area contributed by atoms with E-state index < -0.39 is 0 Å². The number of anilines is 2. The van der Waals surface area contributed by atoms with Crippen LogP contribution >= 0.6 is 0 Å². The number of rotatable bonds is 13. The van der Waals surface area contributed by atoms with Crippen LogP contribution in [-0.2, 0) is 0 Å². The first kappa shape index (κ1) is 58.4. The molecule has 7 rings (SSSR count). The zero-order chi connectivity index (χ0) is 51.0. The molecule has 2 fully saturated rings. The molecule has 3 aromatic carbocycles. The van der Waals surface area contributed by atoms with Gasteiger partial charge < -0.3 is 19.3 Å². The van der Waals surface area contributed by atoms with Crippen LogP contribution in [0.15, 0.2) is 103 Å². The number of piperidine rings is 1. The zero-order valence-corrected chi connectivity index (χ0v) is 46.3. The van der Waals surface area contributed by atoms with E-state index in [0.29, 0.717) is 23.8 Å². The lowest BCUT2D eigenvalue weighted by Crippen LogP contribution is -2.49. The molecule has 380 valence electrons. The largest absolute Gasteiger partial charge is 0.491 e. The van der Waals surface area contributed by atoms with Crippen LogP contribution in [0.1, 0.15) is 170 Å². The fourth-order valence-electron chi connectivity index (χ4n) is 8.22. The predicted molar refractivity (Wildman–Crippen MR) is 298 cm³/mol. The van der Waals surface area contributed by atoms with Gasteiger partial charge in [0, 0.05) is 51.5 Å². The predicted octanol–water partition coefficient (Wildman–Crippen LogP) is 15.7. The highest BCUT2D eigenvalue weighted by Crippen LogP contribution is 2.28. The van der Waals surface area contributed by atoms with Gasteiger partial charge in [-0.2, -0.15) is 5.10 Å². The normalized spacial score (nSPS) is 14.2. The third-order valence-electron chi connectivity index (χ3n) is 12.3. The number of pyridine rings is 1. The maximum Gasteiger partial charge on any atom is 0.151 e. The summed E-state index contributed by atoms with van der Waals surface area (Å²) in [4.78, 5) is 11.9. The lowest BCUT2D eigenvalue weighted by atomic mass is 9.89. The molecule has 2 saturated heterocycles. The Balaban J connectivity index is 0.000000244. The molecule has 0 atom stereocenters. The Morgan fingerprint density at radius 3 is 1.36 bits per heavy atom. The van der Waals surface area contributed by atoms with E-state index in [1.165, 1.54) is 47.1 Å². The second-order valence-electron chi connectivity index (χ2n) is 20.7. The molecule has 4 heterocycles. The van der Waals surface area contributed by atoms with Crippen molar-refractivity contribution in [3.63, 3.8) is 0 Å². The van der Waals surface area contributed by atoms with Crippen molar-refractivity contribution in [2.75, 3.05) is 49.1 Å². The van der Waals surface area contributed by atoms with Crippen LogP contribution < -0.4 is 19.3 Å². The molecule has 69 heavy (non-hydrogen) atoms. The average molecular weight is 943 g/mol. The minimum Gasteiger partial charge on any atom is -0.491 e. The maximum absolute atomic E-state index is 5.66. The molecule has 0 amide bonds. The van der Waals surface area contributed by atoms with Crippen LogP contribution in [0.4, 0.5) is 11.6 Å². The highest BCUT2D eigenvalue weighted by Gasteiger charge is 2.22. The molecule has 0 bridgehead atoms. The molecular weight excluding hydrogens is 849 g/mol. The van der Waals surface area contributed by atoms with Crippen LogP contribution in [0, 0.1) is 18.8 Å². The van der Waals surface area contributed by atoms with Crippen LogP contribution in [0.3, 0.4) is 0 Å². The third kappa shape index (κ3) is 21.3. The van der Waals surface area contributed by atoms with E-state index >= 15 is 0 Å². The van der Waals surface area contributed by atoms with Crippen molar-refractivity contribution in [1.82, 2.24) is 20.1 Å². The maximum atomic E-state index is 5.66. The van der Waals surface area contributed by atoms with Gasteiger partial charge in [0.15, 0.2) is 5.82 Å². The Bertz CT molecular complexity index is 2060. The number of nitrogens with zero attached hydrogens (tertiary/aromatic N) is 6. The Labute approximate surface area is 421 Å². The first-order valence-corrected chi connectivity index (χ1v) is 26.5. The molecule has 5 aromatic rings. The van der Waals surface area contributed by atoms with Crippen molar-refractivity contribution in [1.29, 1.82) is 0 Å². The molecule has 2 aliphatic heterocycles. The second kappa shape index (κ2) is 30.6. The summed E-state index contributed by atoms with van der Waals surface area (Å²) in [5.74, 6) is 7.37. The highest BCUT2D eigenvalue weighted by molar-refractivity contribution is 5.64. The van der Waals surface area contributed by atoms with Crippen molar-refractivity contribution >= 4 is 11.6 Å². The van der Waals surface area contributed by atoms with Gasteiger partial charge in [-0.1, -0.05) is 129 Å². The zero-order valence-electron chi connectivity index (χ0n) is 46.3. The Morgan fingerprint density at radius 1 is 0.493 bits per heavy atom. The van der Waals surface area contributed by atoms with Crippen molar-refractivity contribution in [3.05, 3.63) is 126 Å². The Kier molecular flexibility index (Phi) is 25.9. The molecule has 0 saturated carbocycles. The van der Waals surface area contributed by atoms with Gasteiger partial charge >= 0.3 is 0 Å². The molecular formula is C61H94N6O2. The molecule has 8 nitrogen and oxygen atoms in total. The summed E-state index contributed by atoms with van der Waals surface area (Å²) in [7, 11) is 0. The van der Waals surface area contributed by atoms with Gasteiger partial charge in [0.25, 0.3) is 0 Å². The van der Waals surface area contributed by atoms with E-state index in [1.807, 2.05) is 72.0 Å². The van der Waals surface area contributed by atoms with Crippen molar-refractivity contribution < 1.29 is 9.47 Å². The summed E-state index contributed by atoms with van der Waals surface area (Å²) in [5.41, 5.74) is 7.52. The van der Waals surface area contributed by atoms with Gasteiger partial charge in [0.2, 0.25) is 0 Å². The molecule has 0 N–H and O–H groups in total. The molecule has 8 heteroatoms. The van der Waals surface area contributed by atoms with E-state index in [1.54, 1.807) is 0 Å². The molecule has 0 radical (unpaired) electrons. The number of aryl methyl sites for hydroxylation is 1. The monoisotopic (exact) mass is 943 g/mol. The number of hydrogen-bond donors (Lipinski definition) is 0.